The van der Waals surface area contributed by atoms with E-state index >= 15 is 0 Å². The summed E-state index contributed by atoms with van der Waals surface area (Å²) in [4.78, 5) is 0. The molecule has 0 bridgehead atoms. The zero-order valence-corrected chi connectivity index (χ0v) is 20.4. The number of aliphatic hydroxyl groups is 1. The summed E-state index contributed by atoms with van der Waals surface area (Å²) in [6.07, 6.45) is 16.1. The van der Waals surface area contributed by atoms with E-state index in [-0.39, 0.29) is 6.10 Å². The van der Waals surface area contributed by atoms with Crippen molar-refractivity contribution in [2.45, 2.75) is 105 Å². The summed E-state index contributed by atoms with van der Waals surface area (Å²) >= 11 is -2.48. The van der Waals surface area contributed by atoms with E-state index in [0.29, 0.717) is 0 Å². The van der Waals surface area contributed by atoms with Crippen LogP contribution in [-0.4, -0.2) is 29.6 Å². The standard InChI is InChI=1S/C11H15O.3C4H9.Sn/c1-3-4-5-6-7-8-9-10-11(2)12;3*1-3-4-2;/h7-8,10-12H,3-4H2,1-2H3;3*1,3-4H2,2H3;/b8-7+,10-9?;;;;. The normalized spacial score (nSPS) is 13.8. The van der Waals surface area contributed by atoms with Crippen LogP contribution < -0.4 is 0 Å². The van der Waals surface area contributed by atoms with Crippen molar-refractivity contribution < 1.29 is 5.11 Å². The third kappa shape index (κ3) is 11.2. The first-order chi connectivity index (χ1) is 12.1. The molecular formula is C23H42OSn. The Hall–Kier alpha value is -0.201. The molecule has 0 aromatic heterocycles. The number of hydrogen-bond acceptors (Lipinski definition) is 1. The Labute approximate surface area is 162 Å². The molecule has 0 fully saturated rings. The Kier molecular flexibility index (Phi) is 15.9. The van der Waals surface area contributed by atoms with Gasteiger partial charge in [0.05, 0.1) is 0 Å². The average Bonchev–Trinajstić information content (AvgIpc) is 2.60. The predicted molar refractivity (Wildman–Crippen MR) is 116 cm³/mol. The molecular weight excluding hydrogens is 411 g/mol. The summed E-state index contributed by atoms with van der Waals surface area (Å²) in [5.74, 6) is 6.43. The molecule has 1 nitrogen and oxygen atoms in total. The quantitative estimate of drug-likeness (QED) is 0.180. The van der Waals surface area contributed by atoms with Gasteiger partial charge >= 0.3 is 163 Å². The van der Waals surface area contributed by atoms with Crippen molar-refractivity contribution in [3.05, 3.63) is 21.8 Å². The van der Waals surface area contributed by atoms with Crippen LogP contribution in [0.25, 0.3) is 0 Å². The van der Waals surface area contributed by atoms with Gasteiger partial charge in [-0.25, -0.2) is 0 Å². The molecule has 0 saturated carbocycles. The van der Waals surface area contributed by atoms with Crippen molar-refractivity contribution in [1.82, 2.24) is 0 Å². The first-order valence-corrected chi connectivity index (χ1v) is 18.1. The van der Waals surface area contributed by atoms with Crippen LogP contribution in [0.15, 0.2) is 21.8 Å². The Bertz CT molecular complexity index is 415. The number of allylic oxidation sites excluding steroid dienone is 3. The van der Waals surface area contributed by atoms with Crippen LogP contribution in [0, 0.1) is 11.8 Å². The Morgan fingerprint density at radius 1 is 0.920 bits per heavy atom. The van der Waals surface area contributed by atoms with Gasteiger partial charge in [0.2, 0.25) is 0 Å². The minimum atomic E-state index is -2.48. The van der Waals surface area contributed by atoms with Gasteiger partial charge in [-0.05, 0) is 0 Å². The molecule has 1 N–H and O–H groups in total. The van der Waals surface area contributed by atoms with Crippen LogP contribution in [0.4, 0.5) is 0 Å². The van der Waals surface area contributed by atoms with E-state index in [0.717, 1.165) is 12.8 Å². The van der Waals surface area contributed by atoms with Crippen molar-refractivity contribution in [2.75, 3.05) is 0 Å². The molecule has 0 aliphatic rings. The summed E-state index contributed by atoms with van der Waals surface area (Å²) < 4.78 is 5.80. The summed E-state index contributed by atoms with van der Waals surface area (Å²) in [7, 11) is 0. The van der Waals surface area contributed by atoms with Crippen LogP contribution in [0.1, 0.15) is 86.0 Å². The van der Waals surface area contributed by atoms with Crippen molar-refractivity contribution in [3.8, 4) is 11.8 Å². The third-order valence-electron chi connectivity index (χ3n) is 4.88. The fraction of sp³-hybridized carbons (Fsp3) is 0.739. The van der Waals surface area contributed by atoms with Crippen molar-refractivity contribution in [1.29, 1.82) is 0 Å². The van der Waals surface area contributed by atoms with Gasteiger partial charge in [0.15, 0.2) is 0 Å². The number of aliphatic hydroxyl groups excluding tert-OH is 1. The second-order valence-electron chi connectivity index (χ2n) is 7.36. The molecule has 0 saturated heterocycles. The predicted octanol–water partition coefficient (Wildman–Crippen LogP) is 7.04. The number of rotatable bonds is 13. The van der Waals surface area contributed by atoms with E-state index in [9.17, 15) is 5.11 Å². The van der Waals surface area contributed by atoms with E-state index in [1.165, 1.54) is 55.4 Å². The van der Waals surface area contributed by atoms with Crippen molar-refractivity contribution in [2.24, 2.45) is 0 Å². The van der Waals surface area contributed by atoms with Crippen LogP contribution in [0.5, 0.6) is 0 Å². The van der Waals surface area contributed by atoms with Gasteiger partial charge in [0.25, 0.3) is 0 Å². The molecule has 25 heavy (non-hydrogen) atoms. The van der Waals surface area contributed by atoms with Crippen LogP contribution in [0.3, 0.4) is 0 Å². The summed E-state index contributed by atoms with van der Waals surface area (Å²) in [6.45, 7) is 11.0. The van der Waals surface area contributed by atoms with E-state index in [1.54, 1.807) is 0 Å². The van der Waals surface area contributed by atoms with Gasteiger partial charge in [-0.3, -0.25) is 0 Å². The van der Waals surface area contributed by atoms with Gasteiger partial charge in [0.1, 0.15) is 0 Å². The maximum absolute atomic E-state index is 10.1. The second-order valence-corrected chi connectivity index (χ2v) is 20.6. The molecule has 0 heterocycles. The molecule has 0 amide bonds. The average molecular weight is 453 g/mol. The second kappa shape index (κ2) is 16.0. The van der Waals surface area contributed by atoms with E-state index in [1.807, 2.05) is 6.92 Å². The first-order valence-electron chi connectivity index (χ1n) is 10.6. The summed E-state index contributed by atoms with van der Waals surface area (Å²) in [5.41, 5.74) is 0. The maximum atomic E-state index is 10.1. The SMILES string of the molecule is CCCC#C/C=C/[C](=C\C(C)O)[Sn]([CH2]CCC)([CH2]CCC)[CH2]CCC. The monoisotopic (exact) mass is 454 g/mol. The van der Waals surface area contributed by atoms with Crippen LogP contribution in [0.2, 0.25) is 13.3 Å². The summed E-state index contributed by atoms with van der Waals surface area (Å²) in [5, 5.41) is 10.1. The Morgan fingerprint density at radius 2 is 1.44 bits per heavy atom. The van der Waals surface area contributed by atoms with E-state index < -0.39 is 18.4 Å². The minimum absolute atomic E-state index is 0.357. The molecule has 0 aromatic carbocycles. The molecule has 0 rings (SSSR count). The molecule has 1 unspecified atom stereocenters. The zero-order valence-electron chi connectivity index (χ0n) is 17.5. The van der Waals surface area contributed by atoms with Gasteiger partial charge in [-0.1, -0.05) is 0 Å². The fourth-order valence-electron chi connectivity index (χ4n) is 3.41. The fourth-order valence-corrected chi connectivity index (χ4v) is 19.8. The topological polar surface area (TPSA) is 20.2 Å². The number of hydrogen-bond donors (Lipinski definition) is 1. The first kappa shape index (κ1) is 24.8. The van der Waals surface area contributed by atoms with Gasteiger partial charge in [0, 0.05) is 0 Å². The van der Waals surface area contributed by atoms with Gasteiger partial charge in [-0.2, -0.15) is 0 Å². The van der Waals surface area contributed by atoms with Gasteiger partial charge in [-0.15, -0.1) is 0 Å². The van der Waals surface area contributed by atoms with Crippen LogP contribution >= 0.6 is 0 Å². The zero-order chi connectivity index (χ0) is 19.0. The van der Waals surface area contributed by atoms with E-state index in [2.05, 4.69) is 57.8 Å². The van der Waals surface area contributed by atoms with Crippen molar-refractivity contribution >= 4 is 18.4 Å². The molecule has 0 radical (unpaired) electrons. The molecule has 144 valence electrons. The molecule has 0 aliphatic carbocycles. The van der Waals surface area contributed by atoms with E-state index in [4.69, 9.17) is 0 Å². The number of unbranched alkanes of at least 4 members (excludes halogenated alkanes) is 4. The van der Waals surface area contributed by atoms with Gasteiger partial charge < -0.3 is 0 Å². The molecule has 0 aromatic rings. The van der Waals surface area contributed by atoms with Crippen LogP contribution in [-0.2, 0) is 0 Å². The third-order valence-corrected chi connectivity index (χ3v) is 20.6. The molecule has 2 heteroatoms. The Morgan fingerprint density at radius 3 is 1.84 bits per heavy atom. The summed E-state index contributed by atoms with van der Waals surface area (Å²) in [6, 6.07) is 0. The Balaban J connectivity index is 5.70. The molecule has 1 atom stereocenters. The molecule has 0 aliphatic heterocycles. The van der Waals surface area contributed by atoms with Crippen molar-refractivity contribution in [3.63, 3.8) is 0 Å². The molecule has 0 spiro atoms.